The quantitative estimate of drug-likeness (QED) is 0.757. The molecule has 2 rings (SSSR count). The van der Waals surface area contributed by atoms with Crippen molar-refractivity contribution in [3.63, 3.8) is 0 Å². The Bertz CT molecular complexity index is 874. The van der Waals surface area contributed by atoms with Gasteiger partial charge in [-0.15, -0.1) is 9.66 Å². The second-order valence-electron chi connectivity index (χ2n) is 4.70. The van der Waals surface area contributed by atoms with Gasteiger partial charge in [0, 0.05) is 0 Å². The van der Waals surface area contributed by atoms with E-state index in [2.05, 4.69) is 0 Å². The molecule has 0 heterocycles. The lowest BCUT2D eigenvalue weighted by molar-refractivity contribution is 0.414. The van der Waals surface area contributed by atoms with Gasteiger partial charge in [-0.1, -0.05) is 17.7 Å². The summed E-state index contributed by atoms with van der Waals surface area (Å²) in [6.07, 6.45) is 0. The number of ether oxygens (including phenoxy) is 1. The summed E-state index contributed by atoms with van der Waals surface area (Å²) < 4.78 is 53.2. The second kappa shape index (κ2) is 6.67. The van der Waals surface area contributed by atoms with Crippen LogP contribution < -0.4 is 14.4 Å². The van der Waals surface area contributed by atoms with Crippen LogP contribution in [0.1, 0.15) is 5.56 Å². The topological polar surface area (TPSA) is 102 Å². The molecule has 0 fully saturated rings. The first-order valence-electron chi connectivity index (χ1n) is 6.49. The third-order valence-electron chi connectivity index (χ3n) is 3.01. The van der Waals surface area contributed by atoms with E-state index >= 15 is 0 Å². The number of hydrogen-bond donors (Lipinski definition) is 2. The van der Waals surface area contributed by atoms with Crippen molar-refractivity contribution in [2.75, 3.05) is 7.11 Å². The van der Waals surface area contributed by atoms with Crippen molar-refractivity contribution < 1.29 is 21.6 Å². The molecule has 2 N–H and O–H groups in total. The minimum absolute atomic E-state index is 0.0412. The van der Waals surface area contributed by atoms with Crippen molar-refractivity contribution in [1.82, 2.24) is 9.66 Å². The zero-order valence-corrected chi connectivity index (χ0v) is 14.1. The number of aryl methyl sites for hydroxylation is 1. The zero-order chi connectivity index (χ0) is 17.1. The summed E-state index contributed by atoms with van der Waals surface area (Å²) >= 11 is 0. The lowest BCUT2D eigenvalue weighted by Gasteiger charge is -2.10. The van der Waals surface area contributed by atoms with Gasteiger partial charge in [0.2, 0.25) is 0 Å². The fourth-order valence-corrected chi connectivity index (χ4v) is 3.80. The highest BCUT2D eigenvalue weighted by molar-refractivity contribution is 7.92. The molecule has 2 aromatic carbocycles. The van der Waals surface area contributed by atoms with Crippen molar-refractivity contribution in [1.29, 1.82) is 0 Å². The maximum atomic E-state index is 12.1. The largest absolute Gasteiger partial charge is 0.497 e. The second-order valence-corrected chi connectivity index (χ2v) is 8.06. The molecule has 23 heavy (non-hydrogen) atoms. The van der Waals surface area contributed by atoms with Crippen LogP contribution in [-0.4, -0.2) is 23.9 Å². The lowest BCUT2D eigenvalue weighted by Crippen LogP contribution is -2.41. The molecule has 7 nitrogen and oxygen atoms in total. The van der Waals surface area contributed by atoms with Gasteiger partial charge in [-0.05, 0) is 43.3 Å². The third-order valence-corrected chi connectivity index (χ3v) is 5.67. The zero-order valence-electron chi connectivity index (χ0n) is 12.5. The molecule has 0 radical (unpaired) electrons. The summed E-state index contributed by atoms with van der Waals surface area (Å²) in [6.45, 7) is 1.82. The van der Waals surface area contributed by atoms with Gasteiger partial charge in [0.25, 0.3) is 20.0 Å². The van der Waals surface area contributed by atoms with E-state index in [0.29, 0.717) is 5.75 Å². The average molecular weight is 356 g/mol. The van der Waals surface area contributed by atoms with Gasteiger partial charge in [0.1, 0.15) is 5.75 Å². The first-order valence-corrected chi connectivity index (χ1v) is 9.45. The molecule has 0 unspecified atom stereocenters. The molecule has 0 aliphatic rings. The van der Waals surface area contributed by atoms with Crippen LogP contribution in [0.2, 0.25) is 0 Å². The molecular formula is C14H16N2O5S2. The van der Waals surface area contributed by atoms with Crippen molar-refractivity contribution in [2.24, 2.45) is 0 Å². The SMILES string of the molecule is COc1ccc(S(=O)(=O)NNS(=O)(=O)c2ccc(C)cc2)cc1. The first kappa shape index (κ1) is 17.4. The van der Waals surface area contributed by atoms with Crippen LogP contribution in [0.3, 0.4) is 0 Å². The molecule has 0 saturated heterocycles. The van der Waals surface area contributed by atoms with E-state index in [1.807, 2.05) is 16.6 Å². The predicted molar refractivity (Wildman–Crippen MR) is 84.8 cm³/mol. The van der Waals surface area contributed by atoms with E-state index in [1.165, 1.54) is 43.5 Å². The van der Waals surface area contributed by atoms with Crippen molar-refractivity contribution in [3.05, 3.63) is 54.1 Å². The molecule has 0 spiro atoms. The van der Waals surface area contributed by atoms with Gasteiger partial charge in [-0.25, -0.2) is 16.8 Å². The first-order chi connectivity index (χ1) is 10.7. The fourth-order valence-electron chi connectivity index (χ4n) is 1.70. The summed E-state index contributed by atoms with van der Waals surface area (Å²) in [4.78, 5) is 3.59. The maximum Gasteiger partial charge on any atom is 0.254 e. The highest BCUT2D eigenvalue weighted by Crippen LogP contribution is 2.15. The Labute approximate surface area is 135 Å². The fraction of sp³-hybridized carbons (Fsp3) is 0.143. The molecule has 0 aromatic heterocycles. The Balaban J connectivity index is 2.16. The molecule has 0 amide bonds. The number of nitrogens with one attached hydrogen (secondary N) is 2. The number of hydrazine groups is 1. The van der Waals surface area contributed by atoms with E-state index in [4.69, 9.17) is 4.74 Å². The molecular weight excluding hydrogens is 340 g/mol. The summed E-state index contributed by atoms with van der Waals surface area (Å²) in [7, 11) is -6.57. The number of methoxy groups -OCH3 is 1. The Kier molecular flexibility index (Phi) is 5.05. The molecule has 0 bridgehead atoms. The number of sulfonamides is 2. The number of hydrogen-bond acceptors (Lipinski definition) is 5. The van der Waals surface area contributed by atoms with Crippen molar-refractivity contribution in [2.45, 2.75) is 16.7 Å². The van der Waals surface area contributed by atoms with Gasteiger partial charge in [-0.3, -0.25) is 0 Å². The van der Waals surface area contributed by atoms with Crippen molar-refractivity contribution in [3.8, 4) is 5.75 Å². The lowest BCUT2D eigenvalue weighted by atomic mass is 10.2. The molecule has 2 aromatic rings. The highest BCUT2D eigenvalue weighted by atomic mass is 32.2. The van der Waals surface area contributed by atoms with Gasteiger partial charge < -0.3 is 4.74 Å². The molecule has 0 atom stereocenters. The van der Waals surface area contributed by atoms with E-state index in [1.54, 1.807) is 12.1 Å². The predicted octanol–water partition coefficient (Wildman–Crippen LogP) is 1.18. The van der Waals surface area contributed by atoms with Crippen LogP contribution in [0.5, 0.6) is 5.75 Å². The number of rotatable bonds is 6. The summed E-state index contributed by atoms with van der Waals surface area (Å²) in [5.74, 6) is 0.490. The van der Waals surface area contributed by atoms with Gasteiger partial charge in [0.15, 0.2) is 0 Å². The Hall–Kier alpha value is -1.94. The van der Waals surface area contributed by atoms with Gasteiger partial charge in [-0.2, -0.15) is 0 Å². The molecule has 0 aliphatic heterocycles. The summed E-state index contributed by atoms with van der Waals surface area (Å²) in [5.41, 5.74) is 0.891. The smallest absolute Gasteiger partial charge is 0.254 e. The van der Waals surface area contributed by atoms with Crippen LogP contribution in [0.25, 0.3) is 0 Å². The monoisotopic (exact) mass is 356 g/mol. The van der Waals surface area contributed by atoms with Crippen LogP contribution in [0, 0.1) is 6.92 Å². The number of benzene rings is 2. The Morgan fingerprint density at radius 1 is 0.739 bits per heavy atom. The van der Waals surface area contributed by atoms with Crippen LogP contribution >= 0.6 is 0 Å². The third kappa shape index (κ3) is 4.29. The van der Waals surface area contributed by atoms with E-state index in [0.717, 1.165) is 5.56 Å². The molecule has 0 saturated carbocycles. The Morgan fingerprint density at radius 3 is 1.52 bits per heavy atom. The van der Waals surface area contributed by atoms with Crippen LogP contribution in [0.15, 0.2) is 58.3 Å². The van der Waals surface area contributed by atoms with Crippen LogP contribution in [0.4, 0.5) is 0 Å². The molecule has 0 aliphatic carbocycles. The summed E-state index contributed by atoms with van der Waals surface area (Å²) in [6, 6.07) is 11.5. The van der Waals surface area contributed by atoms with Crippen LogP contribution in [-0.2, 0) is 20.0 Å². The minimum Gasteiger partial charge on any atom is -0.497 e. The van der Waals surface area contributed by atoms with E-state index in [-0.39, 0.29) is 9.79 Å². The minimum atomic E-state index is -4.03. The molecule has 9 heteroatoms. The Morgan fingerprint density at radius 2 is 1.13 bits per heavy atom. The van der Waals surface area contributed by atoms with Gasteiger partial charge >= 0.3 is 0 Å². The maximum absolute atomic E-state index is 12.1. The van der Waals surface area contributed by atoms with Gasteiger partial charge in [0.05, 0.1) is 16.9 Å². The van der Waals surface area contributed by atoms with E-state index in [9.17, 15) is 16.8 Å². The normalized spacial score (nSPS) is 12.1. The molecule has 124 valence electrons. The average Bonchev–Trinajstić information content (AvgIpc) is 2.54. The van der Waals surface area contributed by atoms with Crippen molar-refractivity contribution >= 4 is 20.0 Å². The van der Waals surface area contributed by atoms with E-state index < -0.39 is 20.0 Å². The summed E-state index contributed by atoms with van der Waals surface area (Å²) in [5, 5.41) is 0. The standard InChI is InChI=1S/C14H16N2O5S2/c1-11-3-7-13(8-4-11)22(17,18)15-16-23(19,20)14-9-5-12(21-2)6-10-14/h3-10,15-16H,1-2H3. The highest BCUT2D eigenvalue weighted by Gasteiger charge is 2.19.